The number of nitrogens with two attached hydrogens (primary N) is 1. The Bertz CT molecular complexity index is 269. The van der Waals surface area contributed by atoms with Crippen LogP contribution in [0.15, 0.2) is 24.3 Å². The Kier molecular flexibility index (Phi) is 3.70. The quantitative estimate of drug-likeness (QED) is 0.830. The number of hydrogen-bond donors (Lipinski definition) is 2. The summed E-state index contributed by atoms with van der Waals surface area (Å²) in [6.45, 7) is 2.05. The summed E-state index contributed by atoms with van der Waals surface area (Å²) < 4.78 is 1.20. The van der Waals surface area contributed by atoms with Crippen LogP contribution in [0.5, 0.6) is 0 Å². The van der Waals surface area contributed by atoms with E-state index in [2.05, 4.69) is 22.6 Å². The van der Waals surface area contributed by atoms with Gasteiger partial charge < -0.3 is 10.8 Å². The molecule has 2 nitrogen and oxygen atoms in total. The van der Waals surface area contributed by atoms with Crippen molar-refractivity contribution in [3.8, 4) is 0 Å². The monoisotopic (exact) mass is 291 g/mol. The van der Waals surface area contributed by atoms with Gasteiger partial charge in [0, 0.05) is 16.5 Å². The molecule has 0 aromatic heterocycles. The van der Waals surface area contributed by atoms with Crippen molar-refractivity contribution < 1.29 is 5.11 Å². The molecule has 0 heterocycles. The van der Waals surface area contributed by atoms with E-state index in [1.807, 2.05) is 24.3 Å². The van der Waals surface area contributed by atoms with Crippen molar-refractivity contribution >= 4 is 22.6 Å². The molecule has 1 unspecified atom stereocenters. The van der Waals surface area contributed by atoms with Crippen molar-refractivity contribution in [3.05, 3.63) is 33.4 Å². The molecule has 0 saturated heterocycles. The summed E-state index contributed by atoms with van der Waals surface area (Å²) in [6.07, 6.45) is 0.612. The van der Waals surface area contributed by atoms with E-state index >= 15 is 0 Å². The molecule has 1 rings (SSSR count). The van der Waals surface area contributed by atoms with E-state index in [0.29, 0.717) is 13.0 Å². The van der Waals surface area contributed by atoms with Gasteiger partial charge in [-0.3, -0.25) is 0 Å². The number of benzene rings is 1. The standard InChI is InChI=1S/C10H14INO/c1-10(13,7-12)6-8-2-4-9(11)5-3-8/h2-5,13H,6-7,12H2,1H3. The van der Waals surface area contributed by atoms with Crippen molar-refractivity contribution in [2.45, 2.75) is 18.9 Å². The van der Waals surface area contributed by atoms with Crippen LogP contribution in [0.2, 0.25) is 0 Å². The molecule has 3 heteroatoms. The molecule has 1 aromatic rings. The maximum atomic E-state index is 9.72. The Hall–Kier alpha value is -0.130. The highest BCUT2D eigenvalue weighted by Gasteiger charge is 2.17. The van der Waals surface area contributed by atoms with E-state index in [1.54, 1.807) is 6.92 Å². The second-order valence-electron chi connectivity index (χ2n) is 3.50. The molecule has 0 saturated carbocycles. The number of aliphatic hydroxyl groups is 1. The van der Waals surface area contributed by atoms with Crippen LogP contribution in [0.25, 0.3) is 0 Å². The second kappa shape index (κ2) is 4.39. The predicted octanol–water partition coefficient (Wildman–Crippen LogP) is 1.54. The van der Waals surface area contributed by atoms with Crippen molar-refractivity contribution in [1.82, 2.24) is 0 Å². The average Bonchev–Trinajstić information content (AvgIpc) is 2.09. The van der Waals surface area contributed by atoms with Gasteiger partial charge in [-0.2, -0.15) is 0 Å². The summed E-state index contributed by atoms with van der Waals surface area (Å²) in [4.78, 5) is 0. The second-order valence-corrected chi connectivity index (χ2v) is 4.75. The lowest BCUT2D eigenvalue weighted by atomic mass is 9.97. The van der Waals surface area contributed by atoms with E-state index in [0.717, 1.165) is 5.56 Å². The average molecular weight is 291 g/mol. The molecule has 0 aliphatic rings. The highest BCUT2D eigenvalue weighted by molar-refractivity contribution is 14.1. The molecule has 3 N–H and O–H groups in total. The number of halogens is 1. The summed E-state index contributed by atoms with van der Waals surface area (Å²) in [7, 11) is 0. The minimum Gasteiger partial charge on any atom is -0.389 e. The lowest BCUT2D eigenvalue weighted by molar-refractivity contribution is 0.0696. The molecule has 0 radical (unpaired) electrons. The molecule has 0 amide bonds. The Morgan fingerprint density at radius 2 is 1.92 bits per heavy atom. The fourth-order valence-electron chi connectivity index (χ4n) is 1.11. The first-order valence-electron chi connectivity index (χ1n) is 4.20. The van der Waals surface area contributed by atoms with Gasteiger partial charge in [-0.05, 0) is 47.2 Å². The molecule has 0 aliphatic carbocycles. The fraction of sp³-hybridized carbons (Fsp3) is 0.400. The van der Waals surface area contributed by atoms with Gasteiger partial charge in [0.2, 0.25) is 0 Å². The van der Waals surface area contributed by atoms with Crippen LogP contribution in [0.3, 0.4) is 0 Å². The van der Waals surface area contributed by atoms with Gasteiger partial charge in [0.05, 0.1) is 5.60 Å². The van der Waals surface area contributed by atoms with Gasteiger partial charge in [0.1, 0.15) is 0 Å². The molecule has 1 aromatic carbocycles. The number of rotatable bonds is 3. The summed E-state index contributed by atoms with van der Waals surface area (Å²) in [5.41, 5.74) is 5.77. The van der Waals surface area contributed by atoms with Gasteiger partial charge in [-0.15, -0.1) is 0 Å². The van der Waals surface area contributed by atoms with Crippen molar-refractivity contribution in [2.24, 2.45) is 5.73 Å². The first kappa shape index (κ1) is 10.9. The molecule has 72 valence electrons. The van der Waals surface area contributed by atoms with Gasteiger partial charge in [0.15, 0.2) is 0 Å². The smallest absolute Gasteiger partial charge is 0.0781 e. The fourth-order valence-corrected chi connectivity index (χ4v) is 1.47. The van der Waals surface area contributed by atoms with Crippen LogP contribution in [0.4, 0.5) is 0 Å². The van der Waals surface area contributed by atoms with E-state index in [1.165, 1.54) is 3.57 Å². The van der Waals surface area contributed by atoms with E-state index in [4.69, 9.17) is 5.73 Å². The van der Waals surface area contributed by atoms with Crippen molar-refractivity contribution in [2.75, 3.05) is 6.54 Å². The topological polar surface area (TPSA) is 46.2 Å². The van der Waals surface area contributed by atoms with Crippen LogP contribution >= 0.6 is 22.6 Å². The maximum absolute atomic E-state index is 9.72. The Labute approximate surface area is 92.3 Å². The zero-order chi connectivity index (χ0) is 9.90. The third-order valence-corrected chi connectivity index (χ3v) is 2.66. The van der Waals surface area contributed by atoms with Crippen LogP contribution in [0, 0.1) is 3.57 Å². The summed E-state index contributed by atoms with van der Waals surface area (Å²) >= 11 is 2.26. The van der Waals surface area contributed by atoms with Crippen molar-refractivity contribution in [1.29, 1.82) is 0 Å². The SMILES string of the molecule is CC(O)(CN)Cc1ccc(I)cc1. The minimum atomic E-state index is -0.785. The molecule has 0 fully saturated rings. The Morgan fingerprint density at radius 1 is 1.38 bits per heavy atom. The first-order valence-corrected chi connectivity index (χ1v) is 5.28. The van der Waals surface area contributed by atoms with Gasteiger partial charge in [0.25, 0.3) is 0 Å². The minimum absolute atomic E-state index is 0.291. The van der Waals surface area contributed by atoms with E-state index < -0.39 is 5.60 Å². The van der Waals surface area contributed by atoms with Gasteiger partial charge >= 0.3 is 0 Å². The van der Waals surface area contributed by atoms with E-state index in [-0.39, 0.29) is 0 Å². The largest absolute Gasteiger partial charge is 0.389 e. The van der Waals surface area contributed by atoms with Crippen LogP contribution in [-0.2, 0) is 6.42 Å². The molecular weight excluding hydrogens is 277 g/mol. The van der Waals surface area contributed by atoms with Crippen LogP contribution < -0.4 is 5.73 Å². The summed E-state index contributed by atoms with van der Waals surface area (Å²) in [5, 5.41) is 9.72. The zero-order valence-electron chi connectivity index (χ0n) is 7.63. The van der Waals surface area contributed by atoms with Crippen LogP contribution in [0.1, 0.15) is 12.5 Å². The van der Waals surface area contributed by atoms with Crippen LogP contribution in [-0.4, -0.2) is 17.3 Å². The molecule has 1 atom stereocenters. The van der Waals surface area contributed by atoms with Gasteiger partial charge in [-0.1, -0.05) is 12.1 Å². The predicted molar refractivity (Wildman–Crippen MR) is 62.5 cm³/mol. The highest BCUT2D eigenvalue weighted by atomic mass is 127. The molecule has 13 heavy (non-hydrogen) atoms. The maximum Gasteiger partial charge on any atom is 0.0781 e. The normalized spacial score (nSPS) is 15.4. The Morgan fingerprint density at radius 3 is 2.38 bits per heavy atom. The van der Waals surface area contributed by atoms with E-state index in [9.17, 15) is 5.11 Å². The summed E-state index contributed by atoms with van der Waals surface area (Å²) in [6, 6.07) is 8.10. The third kappa shape index (κ3) is 3.62. The number of hydrogen-bond acceptors (Lipinski definition) is 2. The Balaban J connectivity index is 2.69. The zero-order valence-corrected chi connectivity index (χ0v) is 9.78. The lowest BCUT2D eigenvalue weighted by Crippen LogP contribution is -2.36. The summed E-state index contributed by atoms with van der Waals surface area (Å²) in [5.74, 6) is 0. The molecule has 0 spiro atoms. The van der Waals surface area contributed by atoms with Crippen molar-refractivity contribution in [3.63, 3.8) is 0 Å². The molecular formula is C10H14INO. The third-order valence-electron chi connectivity index (χ3n) is 1.94. The highest BCUT2D eigenvalue weighted by Crippen LogP contribution is 2.13. The molecule has 0 aliphatic heterocycles. The lowest BCUT2D eigenvalue weighted by Gasteiger charge is -2.20. The van der Waals surface area contributed by atoms with Gasteiger partial charge in [-0.25, -0.2) is 0 Å². The molecule has 0 bridgehead atoms. The first-order chi connectivity index (χ1) is 6.03.